The average molecular weight is 453 g/mol. The van der Waals surface area contributed by atoms with Gasteiger partial charge in [-0.15, -0.1) is 0 Å². The monoisotopic (exact) mass is 450 g/mol. The zero-order chi connectivity index (χ0) is 14.5. The van der Waals surface area contributed by atoms with Crippen molar-refractivity contribution in [1.29, 1.82) is 0 Å². The Kier molecular flexibility index (Phi) is 6.80. The molecule has 0 bridgehead atoms. The Labute approximate surface area is 159 Å². The van der Waals surface area contributed by atoms with Crippen molar-refractivity contribution in [3.63, 3.8) is 0 Å². The Morgan fingerprint density at radius 2 is 1.82 bits per heavy atom. The van der Waals surface area contributed by atoms with Gasteiger partial charge >= 0.3 is 136 Å². The van der Waals surface area contributed by atoms with E-state index in [0.29, 0.717) is 0 Å². The SMILES string of the molecule is CO[Si]1(C)C2=[C](CC=C2)[Zr+2][C]2=C1C(O[Si](C)(C)C)=CC2.[Cl-].[Cl-]. The van der Waals surface area contributed by atoms with Crippen molar-refractivity contribution in [3.8, 4) is 0 Å². The van der Waals surface area contributed by atoms with Gasteiger partial charge in [0.15, 0.2) is 0 Å². The van der Waals surface area contributed by atoms with Crippen LogP contribution in [0.4, 0.5) is 0 Å². The molecule has 0 spiro atoms. The molecule has 0 N–H and O–H groups in total. The average Bonchev–Trinajstić information content (AvgIpc) is 2.95. The normalized spacial score (nSPS) is 25.4. The van der Waals surface area contributed by atoms with Crippen molar-refractivity contribution in [3.05, 3.63) is 40.9 Å². The molecular weight excluding hydrogens is 430 g/mol. The summed E-state index contributed by atoms with van der Waals surface area (Å²) in [6.07, 6.45) is 9.33. The summed E-state index contributed by atoms with van der Waals surface area (Å²) >= 11 is -0.572. The van der Waals surface area contributed by atoms with Crippen LogP contribution in [0.25, 0.3) is 0 Å². The van der Waals surface area contributed by atoms with Gasteiger partial charge < -0.3 is 24.8 Å². The molecule has 0 fully saturated rings. The number of allylic oxidation sites excluding steroid dienone is 7. The van der Waals surface area contributed by atoms with E-state index in [0.717, 1.165) is 6.42 Å². The summed E-state index contributed by atoms with van der Waals surface area (Å²) < 4.78 is 16.0. The van der Waals surface area contributed by atoms with E-state index in [4.69, 9.17) is 8.85 Å². The minimum atomic E-state index is -1.99. The summed E-state index contributed by atoms with van der Waals surface area (Å²) in [5.74, 6) is 1.18. The summed E-state index contributed by atoms with van der Waals surface area (Å²) in [4.78, 5) is 0. The van der Waals surface area contributed by atoms with Crippen LogP contribution >= 0.6 is 0 Å². The largest absolute Gasteiger partial charge is 1.00 e. The van der Waals surface area contributed by atoms with Crippen LogP contribution in [0, 0.1) is 0 Å². The molecule has 7 heteroatoms. The van der Waals surface area contributed by atoms with Crippen molar-refractivity contribution < 1.29 is 56.9 Å². The van der Waals surface area contributed by atoms with Gasteiger partial charge in [0.05, 0.1) is 0 Å². The summed E-state index contributed by atoms with van der Waals surface area (Å²) in [7, 11) is -1.65. The summed E-state index contributed by atoms with van der Waals surface area (Å²) in [6, 6.07) is 0. The number of hydrogen-bond acceptors (Lipinski definition) is 2. The zero-order valence-electron chi connectivity index (χ0n) is 13.7. The zero-order valence-corrected chi connectivity index (χ0v) is 19.7. The molecule has 1 unspecified atom stereocenters. The van der Waals surface area contributed by atoms with Gasteiger partial charge in [0, 0.05) is 0 Å². The molecule has 0 aromatic rings. The van der Waals surface area contributed by atoms with E-state index >= 15 is 0 Å². The minimum absolute atomic E-state index is 0. The van der Waals surface area contributed by atoms with E-state index in [9.17, 15) is 0 Å². The molecule has 22 heavy (non-hydrogen) atoms. The Bertz CT molecular complexity index is 591. The van der Waals surface area contributed by atoms with Gasteiger partial charge in [-0.3, -0.25) is 0 Å². The summed E-state index contributed by atoms with van der Waals surface area (Å²) in [5.41, 5.74) is 0. The van der Waals surface area contributed by atoms with E-state index in [-0.39, 0.29) is 24.8 Å². The second-order valence-corrected chi connectivity index (χ2v) is 18.2. The van der Waals surface area contributed by atoms with Crippen LogP contribution in [0.3, 0.4) is 0 Å². The molecule has 3 aliphatic rings. The predicted molar refractivity (Wildman–Crippen MR) is 83.6 cm³/mol. The maximum absolute atomic E-state index is 6.39. The smallest absolute Gasteiger partial charge is 1.00 e. The molecule has 1 heterocycles. The molecule has 0 aromatic carbocycles. The van der Waals surface area contributed by atoms with Crippen LogP contribution in [0.2, 0.25) is 26.2 Å². The molecule has 0 saturated carbocycles. The van der Waals surface area contributed by atoms with Crippen molar-refractivity contribution in [2.24, 2.45) is 0 Å². The fourth-order valence-corrected chi connectivity index (χ4v) is 14.6. The fraction of sp³-hybridized carbons (Fsp3) is 0.467. The van der Waals surface area contributed by atoms with Crippen LogP contribution in [-0.4, -0.2) is 23.7 Å². The van der Waals surface area contributed by atoms with E-state index in [1.54, 1.807) is 11.8 Å². The molecule has 1 aliphatic heterocycles. The molecule has 0 radical (unpaired) electrons. The third-order valence-electron chi connectivity index (χ3n) is 4.09. The first-order valence-electron chi connectivity index (χ1n) is 7.20. The van der Waals surface area contributed by atoms with Gasteiger partial charge in [0.1, 0.15) is 0 Å². The number of rotatable bonds is 3. The van der Waals surface area contributed by atoms with Gasteiger partial charge in [-0.1, -0.05) is 0 Å². The van der Waals surface area contributed by atoms with Crippen LogP contribution < -0.4 is 24.8 Å². The van der Waals surface area contributed by atoms with E-state index in [2.05, 4.69) is 44.4 Å². The Hall–Kier alpha value is 0.617. The van der Waals surface area contributed by atoms with E-state index in [1.165, 1.54) is 17.4 Å². The third-order valence-corrected chi connectivity index (χ3v) is 13.7. The van der Waals surface area contributed by atoms with Gasteiger partial charge in [-0.05, 0) is 0 Å². The van der Waals surface area contributed by atoms with Crippen molar-refractivity contribution in [2.45, 2.75) is 39.0 Å². The summed E-state index contributed by atoms with van der Waals surface area (Å²) in [5, 5.41) is 3.08. The van der Waals surface area contributed by atoms with Gasteiger partial charge in [-0.2, -0.15) is 0 Å². The second-order valence-electron chi connectivity index (χ2n) is 6.70. The van der Waals surface area contributed by atoms with E-state index in [1.807, 2.05) is 7.11 Å². The molecule has 120 valence electrons. The molecule has 0 aromatic heterocycles. The third kappa shape index (κ3) is 3.50. The van der Waals surface area contributed by atoms with Gasteiger partial charge in [0.2, 0.25) is 0 Å². The van der Waals surface area contributed by atoms with Crippen LogP contribution in [0.5, 0.6) is 0 Å². The maximum atomic E-state index is 6.39. The molecule has 0 saturated heterocycles. The first kappa shape index (κ1) is 20.7. The molecule has 1 atom stereocenters. The van der Waals surface area contributed by atoms with Crippen molar-refractivity contribution in [2.75, 3.05) is 7.11 Å². The second kappa shape index (κ2) is 7.24. The van der Waals surface area contributed by atoms with Gasteiger partial charge in [-0.25, -0.2) is 0 Å². The Balaban J connectivity index is 0.00000121. The number of halogens is 2. The topological polar surface area (TPSA) is 18.5 Å². The Morgan fingerprint density at radius 1 is 1.14 bits per heavy atom. The maximum Gasteiger partial charge on any atom is -1.00 e. The molecular formula is C15H22Cl2O2Si2Zr. The fourth-order valence-electron chi connectivity index (χ4n) is 3.21. The first-order valence-corrected chi connectivity index (χ1v) is 15.5. The van der Waals surface area contributed by atoms with Gasteiger partial charge in [0.25, 0.3) is 0 Å². The Morgan fingerprint density at radius 3 is 2.41 bits per heavy atom. The van der Waals surface area contributed by atoms with Crippen LogP contribution in [-0.2, 0) is 32.1 Å². The van der Waals surface area contributed by atoms with E-state index < -0.39 is 39.9 Å². The number of hydrogen-bond donors (Lipinski definition) is 0. The first-order chi connectivity index (χ1) is 9.35. The minimum Gasteiger partial charge on any atom is -1.00 e. The molecule has 2 nitrogen and oxygen atoms in total. The molecule has 2 aliphatic carbocycles. The molecule has 0 amide bonds. The predicted octanol–water partition coefficient (Wildman–Crippen LogP) is -2.00. The van der Waals surface area contributed by atoms with Crippen molar-refractivity contribution in [1.82, 2.24) is 0 Å². The van der Waals surface area contributed by atoms with Crippen LogP contribution in [0.1, 0.15) is 12.8 Å². The summed E-state index contributed by atoms with van der Waals surface area (Å²) in [6.45, 7) is 9.15. The van der Waals surface area contributed by atoms with Crippen LogP contribution in [0.15, 0.2) is 40.9 Å². The van der Waals surface area contributed by atoms with Crippen molar-refractivity contribution >= 4 is 16.6 Å². The molecule has 3 rings (SSSR count). The standard InChI is InChI=1S/C15H22O2Si2.2ClH.Zr/c1-16-19(5,13-9-6-7-10-13)15-12-8-11-14(15)17-18(2,3)4;;;/h6,9,11H,7-8H2,1-5H3;2*1H;/q;;;+2/p-2. The quantitative estimate of drug-likeness (QED) is 0.461.